The summed E-state index contributed by atoms with van der Waals surface area (Å²) >= 11 is 0. The van der Waals surface area contributed by atoms with E-state index >= 15 is 0 Å². The molecule has 0 fully saturated rings. The average Bonchev–Trinajstić information content (AvgIpc) is 3.49. The minimum atomic E-state index is -0.105. The number of nitrogens with zero attached hydrogens (tertiary/aromatic N) is 1. The second kappa shape index (κ2) is 13.7. The van der Waals surface area contributed by atoms with Gasteiger partial charge >= 0.3 is 0 Å². The Morgan fingerprint density at radius 1 is 0.339 bits per heavy atom. The monoisotopic (exact) mass is 715 g/mol. The predicted octanol–water partition coefficient (Wildman–Crippen LogP) is 15.3. The normalized spacial score (nSPS) is 12.6. The lowest BCUT2D eigenvalue weighted by molar-refractivity contribution is 0.660. The van der Waals surface area contributed by atoms with Gasteiger partial charge in [0.15, 0.2) is 0 Å². The fraction of sp³-hybridized carbons (Fsp3) is 0.0545. The molecule has 1 aliphatic carbocycles. The Morgan fingerprint density at radius 3 is 1.57 bits per heavy atom. The molecule has 1 aliphatic rings. The van der Waals surface area contributed by atoms with Crippen molar-refractivity contribution in [2.75, 3.05) is 4.90 Å². The molecule has 56 heavy (non-hydrogen) atoms. The van der Waals surface area contributed by atoms with Crippen LogP contribution < -0.4 is 4.90 Å². The van der Waals surface area contributed by atoms with Gasteiger partial charge in [-0.3, -0.25) is 0 Å². The molecule has 0 amide bonds. The highest BCUT2D eigenvalue weighted by molar-refractivity contribution is 6.01. The van der Waals surface area contributed by atoms with Gasteiger partial charge in [-0.1, -0.05) is 196 Å². The maximum atomic E-state index is 2.44. The minimum absolute atomic E-state index is 0.105. The topological polar surface area (TPSA) is 3.24 Å². The first-order valence-corrected chi connectivity index (χ1v) is 19.5. The quantitative estimate of drug-likeness (QED) is 0.159. The van der Waals surface area contributed by atoms with E-state index in [0.29, 0.717) is 0 Å². The number of hydrogen-bond donors (Lipinski definition) is 0. The Labute approximate surface area is 329 Å². The highest BCUT2D eigenvalue weighted by Crippen LogP contribution is 2.51. The average molecular weight is 716 g/mol. The molecule has 0 N–H and O–H groups in total. The van der Waals surface area contributed by atoms with Gasteiger partial charge in [0.1, 0.15) is 0 Å². The van der Waals surface area contributed by atoms with Gasteiger partial charge < -0.3 is 4.90 Å². The Morgan fingerprint density at radius 2 is 0.839 bits per heavy atom. The molecule has 9 aromatic carbocycles. The molecule has 0 heterocycles. The summed E-state index contributed by atoms with van der Waals surface area (Å²) in [6.07, 6.45) is 0. The highest BCUT2D eigenvalue weighted by Gasteiger charge is 2.35. The van der Waals surface area contributed by atoms with Crippen LogP contribution in [0.15, 0.2) is 212 Å². The lowest BCUT2D eigenvalue weighted by atomic mass is 9.82. The molecule has 0 radical (unpaired) electrons. The summed E-state index contributed by atoms with van der Waals surface area (Å²) in [7, 11) is 0. The van der Waals surface area contributed by atoms with Crippen LogP contribution in [0.2, 0.25) is 0 Å². The summed E-state index contributed by atoms with van der Waals surface area (Å²) in [5.41, 5.74) is 18.4. The first-order chi connectivity index (χ1) is 27.6. The Balaban J connectivity index is 1.15. The van der Waals surface area contributed by atoms with Crippen LogP contribution in [0.25, 0.3) is 66.4 Å². The van der Waals surface area contributed by atoms with Gasteiger partial charge in [0.05, 0.1) is 5.69 Å². The number of rotatable bonds is 7. The third kappa shape index (κ3) is 5.63. The zero-order valence-corrected chi connectivity index (χ0v) is 31.7. The van der Waals surface area contributed by atoms with Crippen molar-refractivity contribution in [3.63, 3.8) is 0 Å². The standard InChI is InChI=1S/C55H41N/c1-55(2)51-29-14-13-25-48(51)49-36-35-43(37-52(49)55)56(53-30-15-22-39-21-9-10-24-45(39)53)42-33-31-41(32-34-42)47-28-16-27-46(40-19-7-4-8-20-40)54(47)50-26-12-11-23-44(50)38-17-5-3-6-18-38/h3-37H,1-2H3. The van der Waals surface area contributed by atoms with Crippen molar-refractivity contribution in [3.05, 3.63) is 223 Å². The fourth-order valence-corrected chi connectivity index (χ4v) is 8.96. The van der Waals surface area contributed by atoms with Crippen molar-refractivity contribution in [1.82, 2.24) is 0 Å². The van der Waals surface area contributed by atoms with Crippen molar-refractivity contribution in [3.8, 4) is 55.6 Å². The first kappa shape index (κ1) is 33.6. The number of anilines is 3. The van der Waals surface area contributed by atoms with E-state index in [4.69, 9.17) is 0 Å². The van der Waals surface area contributed by atoms with Crippen molar-refractivity contribution in [2.24, 2.45) is 0 Å². The van der Waals surface area contributed by atoms with Crippen LogP contribution in [-0.2, 0) is 5.41 Å². The maximum Gasteiger partial charge on any atom is 0.0540 e. The largest absolute Gasteiger partial charge is 0.310 e. The molecule has 0 unspecified atom stereocenters. The molecular formula is C55H41N. The number of hydrogen-bond acceptors (Lipinski definition) is 1. The highest BCUT2D eigenvalue weighted by atomic mass is 15.1. The molecule has 0 saturated heterocycles. The van der Waals surface area contributed by atoms with E-state index in [1.165, 1.54) is 77.5 Å². The first-order valence-electron chi connectivity index (χ1n) is 19.5. The molecule has 266 valence electrons. The smallest absolute Gasteiger partial charge is 0.0540 e. The van der Waals surface area contributed by atoms with Crippen LogP contribution in [0.1, 0.15) is 25.0 Å². The predicted molar refractivity (Wildman–Crippen MR) is 238 cm³/mol. The molecule has 0 aromatic heterocycles. The fourth-order valence-electron chi connectivity index (χ4n) is 8.96. The lowest BCUT2D eigenvalue weighted by Gasteiger charge is -2.29. The van der Waals surface area contributed by atoms with Gasteiger partial charge in [-0.2, -0.15) is 0 Å². The van der Waals surface area contributed by atoms with Gasteiger partial charge in [0.25, 0.3) is 0 Å². The summed E-state index contributed by atoms with van der Waals surface area (Å²) in [4.78, 5) is 2.44. The van der Waals surface area contributed by atoms with Crippen LogP contribution >= 0.6 is 0 Å². The molecule has 0 aliphatic heterocycles. The maximum absolute atomic E-state index is 2.44. The second-order valence-electron chi connectivity index (χ2n) is 15.3. The zero-order chi connectivity index (χ0) is 37.6. The Bertz CT molecular complexity index is 2860. The van der Waals surface area contributed by atoms with Crippen molar-refractivity contribution < 1.29 is 0 Å². The van der Waals surface area contributed by atoms with E-state index in [9.17, 15) is 0 Å². The molecule has 9 aromatic rings. The van der Waals surface area contributed by atoms with E-state index in [0.717, 1.165) is 17.1 Å². The van der Waals surface area contributed by atoms with Gasteiger partial charge in [0, 0.05) is 22.2 Å². The summed E-state index contributed by atoms with van der Waals surface area (Å²) in [5.74, 6) is 0. The number of benzene rings is 9. The van der Waals surface area contributed by atoms with Gasteiger partial charge in [0.2, 0.25) is 0 Å². The minimum Gasteiger partial charge on any atom is -0.310 e. The molecule has 1 heteroatoms. The molecule has 0 spiro atoms. The third-order valence-corrected chi connectivity index (χ3v) is 11.7. The number of fused-ring (bicyclic) bond motifs is 4. The van der Waals surface area contributed by atoms with Gasteiger partial charge in [-0.05, 0) is 102 Å². The van der Waals surface area contributed by atoms with E-state index in [1.54, 1.807) is 0 Å². The second-order valence-corrected chi connectivity index (χ2v) is 15.3. The van der Waals surface area contributed by atoms with Crippen LogP contribution in [-0.4, -0.2) is 0 Å². The molecule has 10 rings (SSSR count). The van der Waals surface area contributed by atoms with Crippen molar-refractivity contribution >= 4 is 27.8 Å². The lowest BCUT2D eigenvalue weighted by Crippen LogP contribution is -2.16. The van der Waals surface area contributed by atoms with Crippen LogP contribution in [0.4, 0.5) is 17.1 Å². The van der Waals surface area contributed by atoms with E-state index < -0.39 is 0 Å². The van der Waals surface area contributed by atoms with Gasteiger partial charge in [-0.15, -0.1) is 0 Å². The van der Waals surface area contributed by atoms with Crippen LogP contribution in [0.3, 0.4) is 0 Å². The molecule has 0 bridgehead atoms. The van der Waals surface area contributed by atoms with E-state index in [2.05, 4.69) is 231 Å². The van der Waals surface area contributed by atoms with Crippen LogP contribution in [0.5, 0.6) is 0 Å². The Kier molecular flexibility index (Phi) is 8.23. The zero-order valence-electron chi connectivity index (χ0n) is 31.7. The van der Waals surface area contributed by atoms with E-state index in [1.807, 2.05) is 0 Å². The molecule has 1 nitrogen and oxygen atoms in total. The van der Waals surface area contributed by atoms with E-state index in [-0.39, 0.29) is 5.41 Å². The summed E-state index contributed by atoms with van der Waals surface area (Å²) in [6.45, 7) is 4.71. The molecular weight excluding hydrogens is 675 g/mol. The van der Waals surface area contributed by atoms with Crippen molar-refractivity contribution in [2.45, 2.75) is 19.3 Å². The summed E-state index contributed by atoms with van der Waals surface area (Å²) < 4.78 is 0. The van der Waals surface area contributed by atoms with Crippen LogP contribution in [0, 0.1) is 0 Å². The molecule has 0 saturated carbocycles. The summed E-state index contributed by atoms with van der Waals surface area (Å²) in [6, 6.07) is 77.6. The SMILES string of the molecule is CC1(C)c2ccccc2-c2ccc(N(c3ccc(-c4cccc(-c5ccccc5)c4-c4ccccc4-c4ccccc4)cc3)c3cccc4ccccc34)cc21. The third-order valence-electron chi connectivity index (χ3n) is 11.7. The molecule has 0 atom stereocenters. The Hall–Kier alpha value is -6.96. The van der Waals surface area contributed by atoms with Gasteiger partial charge in [-0.25, -0.2) is 0 Å². The summed E-state index contributed by atoms with van der Waals surface area (Å²) in [5, 5.41) is 2.44. The van der Waals surface area contributed by atoms with Crippen molar-refractivity contribution in [1.29, 1.82) is 0 Å².